The van der Waals surface area contributed by atoms with Crippen molar-refractivity contribution in [2.24, 2.45) is 0 Å². The molecule has 1 aliphatic rings. The van der Waals surface area contributed by atoms with Crippen molar-refractivity contribution < 1.29 is 13.9 Å². The number of rotatable bonds is 7. The number of ether oxygens (including phenoxy) is 1. The van der Waals surface area contributed by atoms with E-state index in [0.29, 0.717) is 25.3 Å². The number of carbonyl (C=O) groups excluding carboxylic acids is 1. The number of aryl methyl sites for hydroxylation is 1. The second-order valence-corrected chi connectivity index (χ2v) is 7.37. The van der Waals surface area contributed by atoms with E-state index in [0.717, 1.165) is 30.8 Å². The number of nitrogens with one attached hydrogen (secondary N) is 1. The molecule has 2 heterocycles. The molecule has 1 atom stereocenters. The maximum absolute atomic E-state index is 12.9. The van der Waals surface area contributed by atoms with Crippen molar-refractivity contribution >= 4 is 5.91 Å². The number of hydrogen-bond donors (Lipinski definition) is 1. The second-order valence-electron chi connectivity index (χ2n) is 7.37. The number of likely N-dealkylation sites (tertiary alicyclic amines) is 1. The minimum atomic E-state index is -0.287. The minimum Gasteiger partial charge on any atom is -0.487 e. The van der Waals surface area contributed by atoms with E-state index in [1.165, 1.54) is 17.7 Å². The van der Waals surface area contributed by atoms with Crippen LogP contribution in [0.5, 0.6) is 5.75 Å². The fourth-order valence-corrected chi connectivity index (χ4v) is 3.64. The molecule has 1 N–H and O–H groups in total. The predicted octanol–water partition coefficient (Wildman–Crippen LogP) is 4.08. The first-order valence-electron chi connectivity index (χ1n) is 9.91. The zero-order chi connectivity index (χ0) is 20.1. The lowest BCUT2D eigenvalue weighted by Gasteiger charge is -2.16. The molecule has 5 nitrogen and oxygen atoms in total. The van der Waals surface area contributed by atoms with Gasteiger partial charge in [-0.05, 0) is 48.7 Å². The Morgan fingerprint density at radius 2 is 1.97 bits per heavy atom. The van der Waals surface area contributed by atoms with Gasteiger partial charge in [0.05, 0.1) is 11.4 Å². The molecule has 1 fully saturated rings. The average molecular weight is 393 g/mol. The Hall–Kier alpha value is -3.15. The molecule has 0 saturated carbocycles. The van der Waals surface area contributed by atoms with Crippen molar-refractivity contribution in [2.45, 2.75) is 31.8 Å². The van der Waals surface area contributed by atoms with Gasteiger partial charge in [-0.3, -0.25) is 9.89 Å². The quantitative estimate of drug-likeness (QED) is 0.658. The lowest BCUT2D eigenvalue weighted by atomic mass is 10.1. The smallest absolute Gasteiger partial charge is 0.222 e. The van der Waals surface area contributed by atoms with Gasteiger partial charge in [-0.2, -0.15) is 5.10 Å². The molecule has 0 aliphatic carbocycles. The van der Waals surface area contributed by atoms with Gasteiger partial charge in [0.25, 0.3) is 0 Å². The maximum atomic E-state index is 12.9. The highest BCUT2D eigenvalue weighted by Gasteiger charge is 2.28. The van der Waals surface area contributed by atoms with Gasteiger partial charge in [0, 0.05) is 25.4 Å². The Balaban J connectivity index is 1.26. The summed E-state index contributed by atoms with van der Waals surface area (Å²) in [6, 6.07) is 18.0. The van der Waals surface area contributed by atoms with Crippen molar-refractivity contribution in [1.29, 1.82) is 0 Å². The van der Waals surface area contributed by atoms with E-state index >= 15 is 0 Å². The Kier molecular flexibility index (Phi) is 5.89. The summed E-state index contributed by atoms with van der Waals surface area (Å²) in [4.78, 5) is 14.5. The van der Waals surface area contributed by atoms with Crippen LogP contribution in [-0.2, 0) is 17.8 Å². The van der Waals surface area contributed by atoms with E-state index in [9.17, 15) is 9.18 Å². The molecule has 0 spiro atoms. The van der Waals surface area contributed by atoms with Crippen LogP contribution >= 0.6 is 0 Å². The fraction of sp³-hybridized carbons (Fsp3) is 0.304. The van der Waals surface area contributed by atoms with Crippen LogP contribution in [0.15, 0.2) is 60.7 Å². The number of carbonyl (C=O) groups is 1. The van der Waals surface area contributed by atoms with E-state index in [2.05, 4.69) is 22.3 Å². The summed E-state index contributed by atoms with van der Waals surface area (Å²) in [7, 11) is 0. The number of benzene rings is 2. The van der Waals surface area contributed by atoms with Gasteiger partial charge in [0.2, 0.25) is 5.91 Å². The zero-order valence-electron chi connectivity index (χ0n) is 16.2. The third-order valence-electron chi connectivity index (χ3n) is 5.29. The normalized spacial score (nSPS) is 16.2. The molecule has 6 heteroatoms. The van der Waals surface area contributed by atoms with Crippen molar-refractivity contribution in [1.82, 2.24) is 15.1 Å². The average Bonchev–Trinajstić information content (AvgIpc) is 3.42. The minimum absolute atomic E-state index is 0.201. The number of amides is 1. The van der Waals surface area contributed by atoms with Crippen molar-refractivity contribution in [3.05, 3.63) is 83.4 Å². The van der Waals surface area contributed by atoms with E-state index in [1.54, 1.807) is 12.1 Å². The Bertz CT molecular complexity index is 940. The highest BCUT2D eigenvalue weighted by Crippen LogP contribution is 2.27. The number of aromatic nitrogens is 2. The molecule has 0 unspecified atom stereocenters. The van der Waals surface area contributed by atoms with Crippen LogP contribution in [0.2, 0.25) is 0 Å². The van der Waals surface area contributed by atoms with Crippen LogP contribution in [0, 0.1) is 5.82 Å². The summed E-state index contributed by atoms with van der Waals surface area (Å²) >= 11 is 0. The lowest BCUT2D eigenvalue weighted by Crippen LogP contribution is -2.28. The van der Waals surface area contributed by atoms with Crippen LogP contribution in [0.1, 0.15) is 35.7 Å². The van der Waals surface area contributed by atoms with Gasteiger partial charge < -0.3 is 9.64 Å². The molecule has 29 heavy (non-hydrogen) atoms. The van der Waals surface area contributed by atoms with Crippen LogP contribution < -0.4 is 4.74 Å². The largest absolute Gasteiger partial charge is 0.487 e. The molecule has 0 radical (unpaired) electrons. The monoisotopic (exact) mass is 393 g/mol. The van der Waals surface area contributed by atoms with E-state index < -0.39 is 0 Å². The number of hydrogen-bond acceptors (Lipinski definition) is 3. The molecule has 2 aromatic carbocycles. The summed E-state index contributed by atoms with van der Waals surface area (Å²) in [6.07, 6.45) is 2.22. The first-order valence-corrected chi connectivity index (χ1v) is 9.91. The first-order chi connectivity index (χ1) is 14.2. The zero-order valence-corrected chi connectivity index (χ0v) is 16.2. The van der Waals surface area contributed by atoms with E-state index in [-0.39, 0.29) is 17.6 Å². The van der Waals surface area contributed by atoms with Crippen molar-refractivity contribution in [3.63, 3.8) is 0 Å². The highest BCUT2D eigenvalue weighted by molar-refractivity contribution is 5.76. The SMILES string of the molecule is O=C(CCc1ccccc1)N1CC[C@H](c2cc(COc3ccc(F)cc3)[nH]n2)C1. The maximum Gasteiger partial charge on any atom is 0.222 e. The van der Waals surface area contributed by atoms with Gasteiger partial charge in [-0.25, -0.2) is 4.39 Å². The van der Waals surface area contributed by atoms with Crippen molar-refractivity contribution in [3.8, 4) is 5.75 Å². The van der Waals surface area contributed by atoms with Gasteiger partial charge in [-0.1, -0.05) is 30.3 Å². The Labute approximate surface area is 169 Å². The number of H-pyrrole nitrogens is 1. The molecule has 150 valence electrons. The third kappa shape index (κ3) is 5.02. The molecule has 1 aromatic heterocycles. The standard InChI is InChI=1S/C23H24FN3O2/c24-19-7-9-21(10-8-19)29-16-20-14-22(26-25-20)18-12-13-27(15-18)23(28)11-6-17-4-2-1-3-5-17/h1-5,7-10,14,18H,6,11-13,15-16H2,(H,25,26)/t18-/m0/s1. The van der Waals surface area contributed by atoms with Crippen molar-refractivity contribution in [2.75, 3.05) is 13.1 Å². The van der Waals surface area contributed by atoms with Crippen LogP contribution in [0.3, 0.4) is 0 Å². The molecule has 3 aromatic rings. The number of nitrogens with zero attached hydrogens (tertiary/aromatic N) is 2. The van der Waals surface area contributed by atoms with E-state index in [4.69, 9.17) is 4.74 Å². The third-order valence-corrected chi connectivity index (χ3v) is 5.29. The molecular weight excluding hydrogens is 369 g/mol. The van der Waals surface area contributed by atoms with Gasteiger partial charge in [0.1, 0.15) is 18.2 Å². The first kappa shape index (κ1) is 19.2. The fourth-order valence-electron chi connectivity index (χ4n) is 3.64. The summed E-state index contributed by atoms with van der Waals surface area (Å²) in [5.74, 6) is 0.766. The molecule has 1 amide bonds. The van der Waals surface area contributed by atoms with Crippen LogP contribution in [0.4, 0.5) is 4.39 Å². The topological polar surface area (TPSA) is 58.2 Å². The van der Waals surface area contributed by atoms with Gasteiger partial charge in [0.15, 0.2) is 0 Å². The Morgan fingerprint density at radius 3 is 2.76 bits per heavy atom. The van der Waals surface area contributed by atoms with E-state index in [1.807, 2.05) is 29.2 Å². The number of aromatic amines is 1. The Morgan fingerprint density at radius 1 is 1.17 bits per heavy atom. The summed E-state index contributed by atoms with van der Waals surface area (Å²) in [6.45, 7) is 1.81. The van der Waals surface area contributed by atoms with Gasteiger partial charge in [-0.15, -0.1) is 0 Å². The lowest BCUT2D eigenvalue weighted by molar-refractivity contribution is -0.130. The molecule has 1 aliphatic heterocycles. The number of halogens is 1. The molecular formula is C23H24FN3O2. The van der Waals surface area contributed by atoms with Gasteiger partial charge >= 0.3 is 0 Å². The predicted molar refractivity (Wildman–Crippen MR) is 108 cm³/mol. The molecule has 0 bridgehead atoms. The summed E-state index contributed by atoms with van der Waals surface area (Å²) in [5, 5.41) is 7.41. The second kappa shape index (κ2) is 8.90. The highest BCUT2D eigenvalue weighted by atomic mass is 19.1. The van der Waals surface area contributed by atoms with Crippen LogP contribution in [-0.4, -0.2) is 34.1 Å². The summed E-state index contributed by atoms with van der Waals surface area (Å²) < 4.78 is 18.6. The molecule has 1 saturated heterocycles. The molecule has 4 rings (SSSR count). The van der Waals surface area contributed by atoms with Crippen LogP contribution in [0.25, 0.3) is 0 Å². The summed E-state index contributed by atoms with van der Waals surface area (Å²) in [5.41, 5.74) is 3.01.